The highest BCUT2D eigenvalue weighted by Crippen LogP contribution is 2.15. The van der Waals surface area contributed by atoms with Crippen LogP contribution in [0.25, 0.3) is 0 Å². The third-order valence-corrected chi connectivity index (χ3v) is 3.61. The summed E-state index contributed by atoms with van der Waals surface area (Å²) >= 11 is 0. The van der Waals surface area contributed by atoms with E-state index in [9.17, 15) is 9.18 Å². The van der Waals surface area contributed by atoms with Gasteiger partial charge in [-0.05, 0) is 38.1 Å². The Hall–Kier alpha value is -1.93. The maximum absolute atomic E-state index is 13.8. The second-order valence-electron chi connectivity index (χ2n) is 5.05. The Balaban J connectivity index is 2.01. The predicted molar refractivity (Wildman–Crippen MR) is 73.2 cm³/mol. The first kappa shape index (κ1) is 14.5. The molecule has 5 heteroatoms. The fourth-order valence-corrected chi connectivity index (χ4v) is 2.20. The summed E-state index contributed by atoms with van der Waals surface area (Å²) in [6, 6.07) is 6.26. The van der Waals surface area contributed by atoms with Crippen molar-refractivity contribution in [3.05, 3.63) is 35.1 Å². The smallest absolute Gasteiger partial charge is 0.223 e. The monoisotopic (exact) mass is 275 g/mol. The highest BCUT2D eigenvalue weighted by atomic mass is 19.1. The van der Waals surface area contributed by atoms with Crippen molar-refractivity contribution >= 4 is 5.91 Å². The molecule has 1 fully saturated rings. The first-order valence-electron chi connectivity index (χ1n) is 6.81. The van der Waals surface area contributed by atoms with Crippen molar-refractivity contribution in [2.45, 2.75) is 19.9 Å². The van der Waals surface area contributed by atoms with Crippen LogP contribution in [0.3, 0.4) is 0 Å². The number of nitriles is 1. The Kier molecular flexibility index (Phi) is 4.70. The van der Waals surface area contributed by atoms with Crippen LogP contribution in [0.5, 0.6) is 0 Å². The van der Waals surface area contributed by atoms with Gasteiger partial charge in [0, 0.05) is 25.1 Å². The van der Waals surface area contributed by atoms with Crippen LogP contribution in [0.15, 0.2) is 18.2 Å². The molecule has 0 unspecified atom stereocenters. The van der Waals surface area contributed by atoms with E-state index in [1.165, 1.54) is 6.07 Å². The van der Waals surface area contributed by atoms with Crippen molar-refractivity contribution in [3.63, 3.8) is 0 Å². The van der Waals surface area contributed by atoms with E-state index in [4.69, 9.17) is 5.26 Å². The minimum absolute atomic E-state index is 0.0581. The minimum atomic E-state index is -0.430. The molecule has 0 aromatic heterocycles. The summed E-state index contributed by atoms with van der Waals surface area (Å²) in [5, 5.41) is 11.8. The first-order chi connectivity index (χ1) is 9.63. The van der Waals surface area contributed by atoms with Crippen LogP contribution in [0.1, 0.15) is 24.5 Å². The van der Waals surface area contributed by atoms with E-state index in [1.807, 2.05) is 13.0 Å². The molecule has 4 nitrogen and oxygen atoms in total. The third-order valence-electron chi connectivity index (χ3n) is 3.61. The molecule has 106 valence electrons. The zero-order chi connectivity index (χ0) is 14.5. The molecule has 0 radical (unpaired) electrons. The minimum Gasteiger partial charge on any atom is -0.339 e. The lowest BCUT2D eigenvalue weighted by Crippen LogP contribution is -2.45. The van der Waals surface area contributed by atoms with Gasteiger partial charge < -0.3 is 10.2 Å². The molecule has 1 aromatic carbocycles. The van der Waals surface area contributed by atoms with Crippen LogP contribution in [0.4, 0.5) is 4.39 Å². The maximum Gasteiger partial charge on any atom is 0.223 e. The summed E-state index contributed by atoms with van der Waals surface area (Å²) in [4.78, 5) is 13.8. The van der Waals surface area contributed by atoms with Gasteiger partial charge in [0.15, 0.2) is 0 Å². The lowest BCUT2D eigenvalue weighted by Gasteiger charge is -2.29. The summed E-state index contributed by atoms with van der Waals surface area (Å²) in [5.74, 6) is 0.0331. The number of halogens is 1. The zero-order valence-corrected chi connectivity index (χ0v) is 11.5. The van der Waals surface area contributed by atoms with Gasteiger partial charge in [-0.3, -0.25) is 4.79 Å². The summed E-state index contributed by atoms with van der Waals surface area (Å²) in [7, 11) is 0. The molecule has 1 aliphatic heterocycles. The van der Waals surface area contributed by atoms with Gasteiger partial charge in [-0.15, -0.1) is 0 Å². The molecule has 1 aliphatic rings. The molecule has 1 saturated heterocycles. The molecule has 0 aliphatic carbocycles. The predicted octanol–water partition coefficient (Wildman–Crippen LogP) is 1.66. The molecule has 0 spiro atoms. The number of nitrogens with zero attached hydrogens (tertiary/aromatic N) is 2. The van der Waals surface area contributed by atoms with E-state index in [2.05, 4.69) is 5.32 Å². The SMILES string of the molecule is CCN(Cc1ccc(C#N)cc1F)C(=O)CC1CNC1. The number of nitrogens with one attached hydrogen (secondary N) is 1. The number of rotatable bonds is 5. The number of carbonyl (C=O) groups is 1. The molecule has 0 saturated carbocycles. The molecule has 20 heavy (non-hydrogen) atoms. The second kappa shape index (κ2) is 6.49. The van der Waals surface area contributed by atoms with Crippen LogP contribution in [0, 0.1) is 23.1 Å². The average Bonchev–Trinajstić information content (AvgIpc) is 2.41. The van der Waals surface area contributed by atoms with Crippen molar-refractivity contribution in [1.82, 2.24) is 10.2 Å². The molecule has 1 aromatic rings. The van der Waals surface area contributed by atoms with Gasteiger partial charge in [-0.25, -0.2) is 4.39 Å². The fraction of sp³-hybridized carbons (Fsp3) is 0.467. The van der Waals surface area contributed by atoms with Gasteiger partial charge in [-0.2, -0.15) is 5.26 Å². The van der Waals surface area contributed by atoms with Crippen molar-refractivity contribution in [2.24, 2.45) is 5.92 Å². The highest BCUT2D eigenvalue weighted by Gasteiger charge is 2.23. The topological polar surface area (TPSA) is 56.1 Å². The summed E-state index contributed by atoms with van der Waals surface area (Å²) < 4.78 is 13.8. The number of hydrogen-bond acceptors (Lipinski definition) is 3. The third kappa shape index (κ3) is 3.34. The molecule has 1 amide bonds. The number of carbonyl (C=O) groups excluding carboxylic acids is 1. The van der Waals surface area contributed by atoms with E-state index in [-0.39, 0.29) is 12.5 Å². The standard InChI is InChI=1S/C15H18FN3O/c1-2-19(15(20)6-12-8-18-9-12)10-13-4-3-11(7-17)5-14(13)16/h3-5,12,18H,2,6,8-10H2,1H3. The van der Waals surface area contributed by atoms with Gasteiger partial charge in [0.2, 0.25) is 5.91 Å². The average molecular weight is 275 g/mol. The van der Waals surface area contributed by atoms with Crippen LogP contribution >= 0.6 is 0 Å². The normalized spacial score (nSPS) is 14.4. The highest BCUT2D eigenvalue weighted by molar-refractivity contribution is 5.76. The zero-order valence-electron chi connectivity index (χ0n) is 11.5. The number of amides is 1. The van der Waals surface area contributed by atoms with E-state index in [0.717, 1.165) is 13.1 Å². The van der Waals surface area contributed by atoms with E-state index in [0.29, 0.717) is 30.0 Å². The van der Waals surface area contributed by atoms with Gasteiger partial charge >= 0.3 is 0 Å². The molecule has 0 bridgehead atoms. The van der Waals surface area contributed by atoms with Crippen LogP contribution < -0.4 is 5.32 Å². The van der Waals surface area contributed by atoms with Crippen molar-refractivity contribution in [2.75, 3.05) is 19.6 Å². The van der Waals surface area contributed by atoms with Crippen LogP contribution in [-0.4, -0.2) is 30.4 Å². The van der Waals surface area contributed by atoms with E-state index in [1.54, 1.807) is 17.0 Å². The summed E-state index contributed by atoms with van der Waals surface area (Å²) in [5.41, 5.74) is 0.743. The molecule has 1 N–H and O–H groups in total. The number of hydrogen-bond donors (Lipinski definition) is 1. The Morgan fingerprint density at radius 1 is 1.55 bits per heavy atom. The van der Waals surface area contributed by atoms with Gasteiger partial charge in [0.25, 0.3) is 0 Å². The van der Waals surface area contributed by atoms with Crippen molar-refractivity contribution < 1.29 is 9.18 Å². The molecular formula is C15H18FN3O. The Labute approximate surface area is 118 Å². The van der Waals surface area contributed by atoms with Crippen molar-refractivity contribution in [3.8, 4) is 6.07 Å². The van der Waals surface area contributed by atoms with Gasteiger partial charge in [-0.1, -0.05) is 6.07 Å². The first-order valence-corrected chi connectivity index (χ1v) is 6.81. The maximum atomic E-state index is 13.8. The van der Waals surface area contributed by atoms with E-state index < -0.39 is 5.82 Å². The van der Waals surface area contributed by atoms with Crippen LogP contribution in [-0.2, 0) is 11.3 Å². The molecule has 0 atom stereocenters. The van der Waals surface area contributed by atoms with E-state index >= 15 is 0 Å². The largest absolute Gasteiger partial charge is 0.339 e. The quantitative estimate of drug-likeness (QED) is 0.889. The fourth-order valence-electron chi connectivity index (χ4n) is 2.20. The molecule has 2 rings (SSSR count). The second-order valence-corrected chi connectivity index (χ2v) is 5.05. The Bertz CT molecular complexity index is 534. The summed E-state index contributed by atoms with van der Waals surface area (Å²) in [6.07, 6.45) is 0.513. The lowest BCUT2D eigenvalue weighted by molar-refractivity contribution is -0.133. The number of benzene rings is 1. The van der Waals surface area contributed by atoms with Crippen molar-refractivity contribution in [1.29, 1.82) is 5.26 Å². The summed E-state index contributed by atoms with van der Waals surface area (Å²) in [6.45, 7) is 4.47. The molecular weight excluding hydrogens is 257 g/mol. The Morgan fingerprint density at radius 2 is 2.30 bits per heavy atom. The van der Waals surface area contributed by atoms with Gasteiger partial charge in [0.05, 0.1) is 11.6 Å². The lowest BCUT2D eigenvalue weighted by atomic mass is 9.98. The Morgan fingerprint density at radius 3 is 2.80 bits per heavy atom. The van der Waals surface area contributed by atoms with Crippen LogP contribution in [0.2, 0.25) is 0 Å². The molecule has 1 heterocycles. The van der Waals surface area contributed by atoms with Gasteiger partial charge in [0.1, 0.15) is 5.82 Å².